The Hall–Kier alpha value is -1.43. The van der Waals surface area contributed by atoms with Gasteiger partial charge in [-0.3, -0.25) is 0 Å². The van der Waals surface area contributed by atoms with Crippen LogP contribution in [0.2, 0.25) is 0 Å². The van der Waals surface area contributed by atoms with Gasteiger partial charge in [0.1, 0.15) is 0 Å². The van der Waals surface area contributed by atoms with E-state index >= 15 is 0 Å². The molecule has 1 aromatic carbocycles. The summed E-state index contributed by atoms with van der Waals surface area (Å²) in [5.74, 6) is -0.123. The lowest BCUT2D eigenvalue weighted by atomic mass is 10.0. The number of nitrogens with zero attached hydrogens (tertiary/aromatic N) is 1. The van der Waals surface area contributed by atoms with Crippen LogP contribution in [0.5, 0.6) is 5.75 Å². The number of para-hydroxylation sites is 2. The number of benzene rings is 1. The minimum absolute atomic E-state index is 0.123. The van der Waals surface area contributed by atoms with Crippen LogP contribution in [0.3, 0.4) is 0 Å². The van der Waals surface area contributed by atoms with Gasteiger partial charge in [0, 0.05) is 19.1 Å². The van der Waals surface area contributed by atoms with Gasteiger partial charge in [-0.25, -0.2) is 0 Å². The Morgan fingerprint density at radius 2 is 1.90 bits per heavy atom. The Labute approximate surface area is 116 Å². The molecule has 0 amide bonds. The summed E-state index contributed by atoms with van der Waals surface area (Å²) < 4.78 is 41.3. The van der Waals surface area contributed by atoms with Crippen molar-refractivity contribution < 1.29 is 17.9 Å². The topological polar surface area (TPSA) is 24.5 Å². The second-order valence-corrected chi connectivity index (χ2v) is 4.83. The van der Waals surface area contributed by atoms with Gasteiger partial charge in [-0.05, 0) is 31.5 Å². The van der Waals surface area contributed by atoms with E-state index in [1.807, 2.05) is 4.90 Å². The van der Waals surface area contributed by atoms with Crippen molar-refractivity contribution in [2.75, 3.05) is 24.5 Å². The van der Waals surface area contributed by atoms with Crippen molar-refractivity contribution in [1.29, 1.82) is 0 Å². The van der Waals surface area contributed by atoms with Gasteiger partial charge in [0.05, 0.1) is 5.69 Å². The van der Waals surface area contributed by atoms with Gasteiger partial charge in [0.15, 0.2) is 5.75 Å². The van der Waals surface area contributed by atoms with E-state index in [1.165, 1.54) is 6.07 Å². The Morgan fingerprint density at radius 3 is 2.50 bits per heavy atom. The molecule has 1 heterocycles. The molecule has 20 heavy (non-hydrogen) atoms. The van der Waals surface area contributed by atoms with Gasteiger partial charge in [-0.1, -0.05) is 19.1 Å². The van der Waals surface area contributed by atoms with E-state index in [1.54, 1.807) is 18.2 Å². The third-order valence-corrected chi connectivity index (χ3v) is 3.42. The molecule has 1 N–H and O–H groups in total. The van der Waals surface area contributed by atoms with Gasteiger partial charge in [0.25, 0.3) is 0 Å². The van der Waals surface area contributed by atoms with E-state index in [9.17, 15) is 13.2 Å². The Morgan fingerprint density at radius 1 is 1.25 bits per heavy atom. The number of ether oxygens (including phenoxy) is 1. The average Bonchev–Trinajstić information content (AvgIpc) is 2.39. The molecule has 0 atom stereocenters. The third kappa shape index (κ3) is 4.03. The van der Waals surface area contributed by atoms with Crippen LogP contribution in [0.4, 0.5) is 18.9 Å². The minimum atomic E-state index is -4.65. The highest BCUT2D eigenvalue weighted by molar-refractivity contribution is 5.58. The summed E-state index contributed by atoms with van der Waals surface area (Å²) in [6.07, 6.45) is -2.80. The van der Waals surface area contributed by atoms with E-state index < -0.39 is 6.36 Å². The predicted octanol–water partition coefficient (Wildman–Crippen LogP) is 3.16. The maximum absolute atomic E-state index is 12.4. The monoisotopic (exact) mass is 288 g/mol. The number of halogens is 3. The van der Waals surface area contributed by atoms with E-state index in [4.69, 9.17) is 0 Å². The fraction of sp³-hybridized carbons (Fsp3) is 0.571. The molecule has 112 valence electrons. The molecule has 0 saturated carbocycles. The lowest BCUT2D eigenvalue weighted by Crippen LogP contribution is -2.42. The van der Waals surface area contributed by atoms with Crippen molar-refractivity contribution in [1.82, 2.24) is 5.32 Å². The number of piperidine rings is 1. The summed E-state index contributed by atoms with van der Waals surface area (Å²) >= 11 is 0. The van der Waals surface area contributed by atoms with E-state index in [-0.39, 0.29) is 5.75 Å². The van der Waals surface area contributed by atoms with E-state index in [0.717, 1.165) is 32.5 Å². The number of hydrogen-bond donors (Lipinski definition) is 1. The second-order valence-electron chi connectivity index (χ2n) is 4.83. The zero-order valence-corrected chi connectivity index (χ0v) is 11.4. The van der Waals surface area contributed by atoms with Crippen LogP contribution >= 0.6 is 0 Å². The fourth-order valence-electron chi connectivity index (χ4n) is 2.54. The standard InChI is InChI=1S/C14H19F3N2O/c1-2-18-11-7-9-19(10-8-11)12-5-3-4-6-13(12)20-14(15,16)17/h3-6,11,18H,2,7-10H2,1H3. The molecule has 0 unspecified atom stereocenters. The van der Waals surface area contributed by atoms with Gasteiger partial charge in [0.2, 0.25) is 0 Å². The first-order valence-corrected chi connectivity index (χ1v) is 6.82. The molecule has 3 nitrogen and oxygen atoms in total. The summed E-state index contributed by atoms with van der Waals surface area (Å²) in [6.45, 7) is 4.43. The normalized spacial score (nSPS) is 17.3. The van der Waals surface area contributed by atoms with Gasteiger partial charge < -0.3 is 15.0 Å². The van der Waals surface area contributed by atoms with Crippen LogP contribution in [0.25, 0.3) is 0 Å². The molecule has 1 aliphatic heterocycles. The number of alkyl halides is 3. The van der Waals surface area contributed by atoms with Crippen LogP contribution < -0.4 is 15.0 Å². The summed E-state index contributed by atoms with van der Waals surface area (Å²) in [5, 5.41) is 3.37. The Balaban J connectivity index is 2.06. The highest BCUT2D eigenvalue weighted by atomic mass is 19.4. The predicted molar refractivity (Wildman–Crippen MR) is 72.0 cm³/mol. The molecule has 0 aromatic heterocycles. The van der Waals surface area contributed by atoms with Crippen LogP contribution in [-0.4, -0.2) is 32.0 Å². The van der Waals surface area contributed by atoms with Crippen LogP contribution in [0, 0.1) is 0 Å². The lowest BCUT2D eigenvalue weighted by molar-refractivity contribution is -0.274. The molecule has 6 heteroatoms. The van der Waals surface area contributed by atoms with Crippen LogP contribution in [0.1, 0.15) is 19.8 Å². The molecule has 2 rings (SSSR count). The van der Waals surface area contributed by atoms with Crippen molar-refractivity contribution in [3.8, 4) is 5.75 Å². The second kappa shape index (κ2) is 6.35. The number of nitrogens with one attached hydrogen (secondary N) is 1. The molecule has 1 fully saturated rings. The quantitative estimate of drug-likeness (QED) is 0.921. The SMILES string of the molecule is CCNC1CCN(c2ccccc2OC(F)(F)F)CC1. The highest BCUT2D eigenvalue weighted by Gasteiger charge is 2.33. The van der Waals surface area contributed by atoms with Crippen LogP contribution in [0.15, 0.2) is 24.3 Å². The largest absolute Gasteiger partial charge is 0.573 e. The number of hydrogen-bond acceptors (Lipinski definition) is 3. The average molecular weight is 288 g/mol. The van der Waals surface area contributed by atoms with Crippen LogP contribution in [-0.2, 0) is 0 Å². The highest BCUT2D eigenvalue weighted by Crippen LogP contribution is 2.34. The smallest absolute Gasteiger partial charge is 0.404 e. The Kier molecular flexibility index (Phi) is 4.75. The molecular formula is C14H19F3N2O. The molecule has 0 aliphatic carbocycles. The molecule has 0 bridgehead atoms. The summed E-state index contributed by atoms with van der Waals surface area (Å²) in [4.78, 5) is 1.95. The van der Waals surface area contributed by atoms with Crippen molar-refractivity contribution in [3.05, 3.63) is 24.3 Å². The molecule has 0 spiro atoms. The zero-order valence-electron chi connectivity index (χ0n) is 11.4. The van der Waals surface area contributed by atoms with E-state index in [2.05, 4.69) is 17.0 Å². The first kappa shape index (κ1) is 15.0. The zero-order chi connectivity index (χ0) is 14.6. The maximum atomic E-state index is 12.4. The number of anilines is 1. The van der Waals surface area contributed by atoms with Gasteiger partial charge in [-0.2, -0.15) is 0 Å². The summed E-state index contributed by atoms with van der Waals surface area (Å²) in [6, 6.07) is 6.77. The molecular weight excluding hydrogens is 269 g/mol. The third-order valence-electron chi connectivity index (χ3n) is 3.42. The number of rotatable bonds is 4. The van der Waals surface area contributed by atoms with Crippen molar-refractivity contribution in [2.24, 2.45) is 0 Å². The molecule has 0 radical (unpaired) electrons. The van der Waals surface area contributed by atoms with Crippen molar-refractivity contribution >= 4 is 5.69 Å². The van der Waals surface area contributed by atoms with Crippen molar-refractivity contribution in [3.63, 3.8) is 0 Å². The first-order valence-electron chi connectivity index (χ1n) is 6.82. The lowest BCUT2D eigenvalue weighted by Gasteiger charge is -2.34. The van der Waals surface area contributed by atoms with Gasteiger partial charge >= 0.3 is 6.36 Å². The molecule has 1 aromatic rings. The molecule has 1 saturated heterocycles. The minimum Gasteiger partial charge on any atom is -0.404 e. The summed E-state index contributed by atoms with van der Waals surface area (Å²) in [7, 11) is 0. The Bertz CT molecular complexity index is 429. The maximum Gasteiger partial charge on any atom is 0.573 e. The van der Waals surface area contributed by atoms with Crippen molar-refractivity contribution in [2.45, 2.75) is 32.2 Å². The first-order chi connectivity index (χ1) is 9.49. The molecule has 1 aliphatic rings. The van der Waals surface area contributed by atoms with E-state index in [0.29, 0.717) is 11.7 Å². The fourth-order valence-corrected chi connectivity index (χ4v) is 2.54. The summed E-state index contributed by atoms with van der Waals surface area (Å²) in [5.41, 5.74) is 0.514. The van der Waals surface area contributed by atoms with Gasteiger partial charge in [-0.15, -0.1) is 13.2 Å².